The first kappa shape index (κ1) is 26.3. The number of esters is 1. The third-order valence-corrected chi connectivity index (χ3v) is 5.74. The zero-order valence-electron chi connectivity index (χ0n) is 18.6. The number of nitrogens with zero attached hydrogens (tertiary/aromatic N) is 5. The van der Waals surface area contributed by atoms with Crippen LogP contribution in [-0.4, -0.2) is 65.9 Å². The van der Waals surface area contributed by atoms with E-state index in [9.17, 15) is 4.79 Å². The van der Waals surface area contributed by atoms with Crippen LogP contribution >= 0.6 is 35.3 Å². The van der Waals surface area contributed by atoms with E-state index in [0.717, 1.165) is 10.6 Å². The van der Waals surface area contributed by atoms with Gasteiger partial charge in [0, 0.05) is 32.4 Å². The van der Waals surface area contributed by atoms with Crippen LogP contribution in [0.3, 0.4) is 0 Å². The molecule has 0 saturated carbocycles. The van der Waals surface area contributed by atoms with E-state index in [1.807, 2.05) is 47.4 Å². The molecule has 0 aliphatic carbocycles. The molecule has 2 aromatic rings. The van der Waals surface area contributed by atoms with Crippen molar-refractivity contribution in [2.24, 2.45) is 12.0 Å². The number of thiazole rings is 1. The highest BCUT2D eigenvalue weighted by atomic mass is 127. The summed E-state index contributed by atoms with van der Waals surface area (Å²) in [6.45, 7) is 6.61. The van der Waals surface area contributed by atoms with Crippen molar-refractivity contribution < 1.29 is 9.53 Å². The fourth-order valence-electron chi connectivity index (χ4n) is 2.85. The number of guanidine groups is 1. The highest BCUT2D eigenvalue weighted by molar-refractivity contribution is 14.0. The van der Waals surface area contributed by atoms with E-state index < -0.39 is 0 Å². The molecule has 2 unspecified atom stereocenters. The number of hydrogen-bond acceptors (Lipinski definition) is 7. The lowest BCUT2D eigenvalue weighted by molar-refractivity contribution is 0.0531. The predicted octanol–water partition coefficient (Wildman–Crippen LogP) is 2.51. The Morgan fingerprint density at radius 2 is 2.13 bits per heavy atom. The molecular weight excluding hydrogens is 517 g/mol. The molecule has 2 atom stereocenters. The SMILES string of the molecule is CCOC(=O)c1sc(C(C)NC(=NC)NCC(c2cnn(C)c2)N(C)C)nc1C.I. The lowest BCUT2D eigenvalue weighted by Crippen LogP contribution is -2.42. The van der Waals surface area contributed by atoms with Gasteiger partial charge >= 0.3 is 5.97 Å². The molecule has 2 N–H and O–H groups in total. The van der Waals surface area contributed by atoms with Gasteiger partial charge in [-0.25, -0.2) is 9.78 Å². The molecule has 2 aromatic heterocycles. The average Bonchev–Trinajstić information content (AvgIpc) is 3.26. The molecule has 2 heterocycles. The smallest absolute Gasteiger partial charge is 0.350 e. The maximum absolute atomic E-state index is 12.0. The van der Waals surface area contributed by atoms with Gasteiger partial charge in [0.15, 0.2) is 5.96 Å². The van der Waals surface area contributed by atoms with Crippen LogP contribution in [0, 0.1) is 6.92 Å². The lowest BCUT2D eigenvalue weighted by atomic mass is 10.1. The third-order valence-electron chi connectivity index (χ3n) is 4.42. The highest BCUT2D eigenvalue weighted by Gasteiger charge is 2.21. The number of hydrogen-bond donors (Lipinski definition) is 2. The average molecular weight is 549 g/mol. The van der Waals surface area contributed by atoms with Crippen LogP contribution in [-0.2, 0) is 11.8 Å². The van der Waals surface area contributed by atoms with E-state index in [1.54, 1.807) is 18.7 Å². The lowest BCUT2D eigenvalue weighted by Gasteiger charge is -2.25. The monoisotopic (exact) mass is 549 g/mol. The van der Waals surface area contributed by atoms with Gasteiger partial charge in [0.2, 0.25) is 0 Å². The summed E-state index contributed by atoms with van der Waals surface area (Å²) in [7, 11) is 7.71. The number of aliphatic imine (C=N–C) groups is 1. The summed E-state index contributed by atoms with van der Waals surface area (Å²) in [6, 6.07) is 0.0411. The van der Waals surface area contributed by atoms with E-state index in [1.165, 1.54) is 11.3 Å². The standard InChI is InChI=1S/C19H31N7O2S.HI/c1-8-28-18(27)16-12(2)23-17(29-16)13(3)24-19(20-4)21-10-15(25(5)6)14-9-22-26(7)11-14;/h9,11,13,15H,8,10H2,1-7H3,(H2,20,21,24);1H. The zero-order valence-corrected chi connectivity index (χ0v) is 21.7. The Balaban J connectivity index is 0.00000450. The largest absolute Gasteiger partial charge is 0.462 e. The molecule has 0 radical (unpaired) electrons. The molecule has 168 valence electrons. The van der Waals surface area contributed by atoms with Crippen molar-refractivity contribution in [2.75, 3.05) is 34.3 Å². The minimum atomic E-state index is -0.325. The van der Waals surface area contributed by atoms with Gasteiger partial charge in [-0.3, -0.25) is 9.67 Å². The number of nitrogens with one attached hydrogen (secondary N) is 2. The Kier molecular flexibility index (Phi) is 10.7. The maximum atomic E-state index is 12.0. The van der Waals surface area contributed by atoms with Gasteiger partial charge in [-0.15, -0.1) is 35.3 Å². The topological polar surface area (TPSA) is 96.7 Å². The molecule has 0 fully saturated rings. The fraction of sp³-hybridized carbons (Fsp3) is 0.579. The molecule has 0 aromatic carbocycles. The van der Waals surface area contributed by atoms with Crippen molar-refractivity contribution in [1.29, 1.82) is 0 Å². The molecule has 9 nitrogen and oxygen atoms in total. The fourth-order valence-corrected chi connectivity index (χ4v) is 3.82. The molecular formula is C19H32IN7O2S. The van der Waals surface area contributed by atoms with Crippen molar-refractivity contribution in [2.45, 2.75) is 32.9 Å². The first-order chi connectivity index (χ1) is 13.8. The number of carbonyl (C=O) groups is 1. The summed E-state index contributed by atoms with van der Waals surface area (Å²) in [4.78, 5) is 23.6. The van der Waals surface area contributed by atoms with Gasteiger partial charge < -0.3 is 20.3 Å². The number of halogens is 1. The Labute approximate surface area is 199 Å². The van der Waals surface area contributed by atoms with Crippen molar-refractivity contribution >= 4 is 47.2 Å². The third kappa shape index (κ3) is 6.91. The second-order valence-electron chi connectivity index (χ2n) is 6.93. The van der Waals surface area contributed by atoms with Crippen LogP contribution in [0.4, 0.5) is 0 Å². The zero-order chi connectivity index (χ0) is 21.6. The van der Waals surface area contributed by atoms with Crippen LogP contribution < -0.4 is 10.6 Å². The summed E-state index contributed by atoms with van der Waals surface area (Å²) in [6.07, 6.45) is 3.89. The van der Waals surface area contributed by atoms with E-state index in [-0.39, 0.29) is 42.0 Å². The second kappa shape index (κ2) is 12.2. The molecule has 11 heteroatoms. The molecule has 0 aliphatic rings. The van der Waals surface area contributed by atoms with Crippen molar-refractivity contribution in [3.63, 3.8) is 0 Å². The minimum Gasteiger partial charge on any atom is -0.462 e. The maximum Gasteiger partial charge on any atom is 0.350 e. The summed E-state index contributed by atoms with van der Waals surface area (Å²) in [5.74, 6) is 0.340. The van der Waals surface area contributed by atoms with Crippen LogP contribution in [0.25, 0.3) is 0 Å². The van der Waals surface area contributed by atoms with Gasteiger partial charge in [-0.05, 0) is 34.9 Å². The second-order valence-corrected chi connectivity index (χ2v) is 7.96. The van der Waals surface area contributed by atoms with Crippen LogP contribution in [0.1, 0.15) is 51.9 Å². The number of rotatable bonds is 8. The Morgan fingerprint density at radius 1 is 1.43 bits per heavy atom. The molecule has 30 heavy (non-hydrogen) atoms. The molecule has 0 spiro atoms. The highest BCUT2D eigenvalue weighted by Crippen LogP contribution is 2.24. The van der Waals surface area contributed by atoms with Crippen LogP contribution in [0.2, 0.25) is 0 Å². The summed E-state index contributed by atoms with van der Waals surface area (Å²) < 4.78 is 6.90. The van der Waals surface area contributed by atoms with Gasteiger partial charge in [0.1, 0.15) is 9.88 Å². The van der Waals surface area contributed by atoms with Gasteiger partial charge in [-0.2, -0.15) is 5.10 Å². The number of aromatic nitrogens is 3. The van der Waals surface area contributed by atoms with E-state index >= 15 is 0 Å². The summed E-state index contributed by atoms with van der Waals surface area (Å²) in [5.41, 5.74) is 1.81. The predicted molar refractivity (Wildman–Crippen MR) is 131 cm³/mol. The number of carbonyl (C=O) groups excluding carboxylic acids is 1. The Morgan fingerprint density at radius 3 is 2.67 bits per heavy atom. The van der Waals surface area contributed by atoms with Crippen LogP contribution in [0.5, 0.6) is 0 Å². The Bertz CT molecular complexity index is 850. The Hall–Kier alpha value is -1.73. The molecule has 0 bridgehead atoms. The van der Waals surface area contributed by atoms with Crippen molar-refractivity contribution in [1.82, 2.24) is 30.3 Å². The minimum absolute atomic E-state index is 0. The van der Waals surface area contributed by atoms with E-state index in [0.29, 0.717) is 29.7 Å². The normalized spacial score (nSPS) is 13.5. The van der Waals surface area contributed by atoms with E-state index in [2.05, 4.69) is 30.6 Å². The molecule has 0 aliphatic heterocycles. The summed E-state index contributed by atoms with van der Waals surface area (Å²) >= 11 is 1.35. The van der Waals surface area contributed by atoms with E-state index in [4.69, 9.17) is 4.74 Å². The van der Waals surface area contributed by atoms with Gasteiger partial charge in [0.25, 0.3) is 0 Å². The van der Waals surface area contributed by atoms with Crippen molar-refractivity contribution in [3.05, 3.63) is 33.5 Å². The number of ether oxygens (including phenoxy) is 1. The van der Waals surface area contributed by atoms with Gasteiger partial charge in [0.05, 0.1) is 30.6 Å². The quantitative estimate of drug-likeness (QED) is 0.226. The summed E-state index contributed by atoms with van der Waals surface area (Å²) in [5, 5.41) is 11.8. The van der Waals surface area contributed by atoms with Crippen molar-refractivity contribution in [3.8, 4) is 0 Å². The number of aryl methyl sites for hydroxylation is 2. The molecule has 0 amide bonds. The molecule has 0 saturated heterocycles. The van der Waals surface area contributed by atoms with Gasteiger partial charge in [-0.1, -0.05) is 0 Å². The first-order valence-corrected chi connectivity index (χ1v) is 10.3. The van der Waals surface area contributed by atoms with Crippen LogP contribution in [0.15, 0.2) is 17.4 Å². The number of likely N-dealkylation sites (N-methyl/N-ethyl adjacent to an activating group) is 1. The molecule has 2 rings (SSSR count). The first-order valence-electron chi connectivity index (χ1n) is 9.53.